The van der Waals surface area contributed by atoms with Gasteiger partial charge in [-0.15, -0.1) is 0 Å². The summed E-state index contributed by atoms with van der Waals surface area (Å²) in [5.41, 5.74) is 4.87. The second kappa shape index (κ2) is 9.73. The van der Waals surface area contributed by atoms with E-state index < -0.39 is 11.9 Å². The lowest BCUT2D eigenvalue weighted by molar-refractivity contribution is -0.141. The fourth-order valence-electron chi connectivity index (χ4n) is 3.34. The summed E-state index contributed by atoms with van der Waals surface area (Å²) in [6, 6.07) is 19.7. The number of aryl methyl sites for hydroxylation is 3. The molecule has 0 unspecified atom stereocenters. The Balaban J connectivity index is 1.56. The summed E-state index contributed by atoms with van der Waals surface area (Å²) in [7, 11) is 0. The van der Waals surface area contributed by atoms with Gasteiger partial charge in [0.1, 0.15) is 5.69 Å². The molecule has 0 amide bonds. The zero-order valence-corrected chi connectivity index (χ0v) is 16.7. The molecule has 3 rings (SSSR count). The third-order valence-electron chi connectivity index (χ3n) is 5.13. The fourth-order valence-corrected chi connectivity index (χ4v) is 3.34. The number of hydrogen-bond acceptors (Lipinski definition) is 1. The molecule has 29 heavy (non-hydrogen) atoms. The molecule has 0 N–H and O–H groups in total. The minimum absolute atomic E-state index is 0.664. The molecule has 0 aliphatic rings. The highest BCUT2D eigenvalue weighted by molar-refractivity contribution is 5.64. The minimum Gasteiger partial charge on any atom is -0.252 e. The second-order valence-electron chi connectivity index (χ2n) is 7.40. The van der Waals surface area contributed by atoms with Crippen molar-refractivity contribution in [3.8, 4) is 11.1 Å². The molecule has 0 aliphatic carbocycles. The second-order valence-corrected chi connectivity index (χ2v) is 7.40. The Hall–Kier alpha value is -2.62. The van der Waals surface area contributed by atoms with Gasteiger partial charge >= 0.3 is 6.18 Å². The topological polar surface area (TPSA) is 12.9 Å². The highest BCUT2D eigenvalue weighted by Gasteiger charge is 2.31. The lowest BCUT2D eigenvalue weighted by Gasteiger charge is -2.08. The smallest absolute Gasteiger partial charge is 0.252 e. The first-order valence-corrected chi connectivity index (χ1v) is 10.2. The summed E-state index contributed by atoms with van der Waals surface area (Å²) >= 11 is 0. The lowest BCUT2D eigenvalue weighted by Crippen LogP contribution is -2.07. The van der Waals surface area contributed by atoms with E-state index in [2.05, 4.69) is 60.4 Å². The average molecular weight is 397 g/mol. The molecular weight excluding hydrogens is 371 g/mol. The fraction of sp³-hybridized carbons (Fsp3) is 0.320. The molecule has 3 aromatic rings. The predicted octanol–water partition coefficient (Wildman–Crippen LogP) is 7.29. The SMILES string of the molecule is CCCCCc1ccc(-c2ccc(CCc3ccc(C(F)(F)F)nc3)cc2)cc1. The number of alkyl halides is 3. The third kappa shape index (κ3) is 6.18. The summed E-state index contributed by atoms with van der Waals surface area (Å²) in [5, 5.41) is 0. The molecule has 1 nitrogen and oxygen atoms in total. The number of pyridine rings is 1. The van der Waals surface area contributed by atoms with E-state index in [1.165, 1.54) is 48.2 Å². The molecule has 4 heteroatoms. The van der Waals surface area contributed by atoms with Crippen LogP contribution in [0.25, 0.3) is 11.1 Å². The van der Waals surface area contributed by atoms with Gasteiger partial charge in [-0.1, -0.05) is 74.4 Å². The van der Waals surface area contributed by atoms with E-state index in [9.17, 15) is 13.2 Å². The Kier molecular flexibility index (Phi) is 7.08. The third-order valence-corrected chi connectivity index (χ3v) is 5.13. The Morgan fingerprint density at radius 3 is 1.66 bits per heavy atom. The van der Waals surface area contributed by atoms with Crippen LogP contribution in [0.2, 0.25) is 0 Å². The zero-order valence-electron chi connectivity index (χ0n) is 16.7. The number of rotatable bonds is 8. The quantitative estimate of drug-likeness (QED) is 0.364. The van der Waals surface area contributed by atoms with Crippen LogP contribution in [0.1, 0.15) is 48.6 Å². The number of nitrogens with zero attached hydrogens (tertiary/aromatic N) is 1. The molecule has 0 saturated carbocycles. The van der Waals surface area contributed by atoms with Crippen molar-refractivity contribution in [3.63, 3.8) is 0 Å². The predicted molar refractivity (Wildman–Crippen MR) is 112 cm³/mol. The number of aromatic nitrogens is 1. The summed E-state index contributed by atoms with van der Waals surface area (Å²) in [6.45, 7) is 2.22. The normalized spacial score (nSPS) is 11.6. The van der Waals surface area contributed by atoms with Gasteiger partial charge < -0.3 is 0 Å². The molecule has 0 atom stereocenters. The van der Waals surface area contributed by atoms with Crippen LogP contribution in [0.5, 0.6) is 0 Å². The van der Waals surface area contributed by atoms with Gasteiger partial charge in [0.15, 0.2) is 0 Å². The molecule has 0 spiro atoms. The number of benzene rings is 2. The average Bonchev–Trinajstić information content (AvgIpc) is 2.73. The maximum absolute atomic E-state index is 12.6. The van der Waals surface area contributed by atoms with Crippen molar-refractivity contribution >= 4 is 0 Å². The summed E-state index contributed by atoms with van der Waals surface area (Å²) in [4.78, 5) is 3.52. The van der Waals surface area contributed by atoms with E-state index in [0.717, 1.165) is 30.0 Å². The van der Waals surface area contributed by atoms with Crippen LogP contribution >= 0.6 is 0 Å². The van der Waals surface area contributed by atoms with Gasteiger partial charge in [-0.2, -0.15) is 13.2 Å². The van der Waals surface area contributed by atoms with Crippen molar-refractivity contribution in [3.05, 3.63) is 89.2 Å². The van der Waals surface area contributed by atoms with E-state index in [-0.39, 0.29) is 0 Å². The zero-order chi connectivity index (χ0) is 20.7. The molecule has 152 valence electrons. The lowest BCUT2D eigenvalue weighted by atomic mass is 9.99. The number of unbranched alkanes of at least 4 members (excludes halogenated alkanes) is 2. The van der Waals surface area contributed by atoms with Crippen molar-refractivity contribution in [1.82, 2.24) is 4.98 Å². The van der Waals surface area contributed by atoms with Gasteiger partial charge in [-0.25, -0.2) is 0 Å². The van der Waals surface area contributed by atoms with Crippen LogP contribution < -0.4 is 0 Å². The molecule has 0 bridgehead atoms. The van der Waals surface area contributed by atoms with Crippen molar-refractivity contribution < 1.29 is 13.2 Å². The van der Waals surface area contributed by atoms with Crippen molar-refractivity contribution in [1.29, 1.82) is 0 Å². The van der Waals surface area contributed by atoms with Gasteiger partial charge in [0.2, 0.25) is 0 Å². The van der Waals surface area contributed by atoms with Crippen LogP contribution in [-0.4, -0.2) is 4.98 Å². The summed E-state index contributed by atoms with van der Waals surface area (Å²) in [6.07, 6.45) is 3.23. The Labute approximate surface area is 170 Å². The molecule has 0 radical (unpaired) electrons. The molecule has 1 aromatic heterocycles. The van der Waals surface area contributed by atoms with E-state index >= 15 is 0 Å². The minimum atomic E-state index is -4.39. The van der Waals surface area contributed by atoms with Gasteiger partial charge in [-0.05, 0) is 59.6 Å². The Morgan fingerprint density at radius 2 is 1.17 bits per heavy atom. The first-order chi connectivity index (χ1) is 14.0. The van der Waals surface area contributed by atoms with Gasteiger partial charge in [0.05, 0.1) is 0 Å². The van der Waals surface area contributed by atoms with E-state index in [1.807, 2.05) is 0 Å². The van der Waals surface area contributed by atoms with Crippen molar-refractivity contribution in [2.45, 2.75) is 51.6 Å². The van der Waals surface area contributed by atoms with E-state index in [1.54, 1.807) is 0 Å². The Bertz CT molecular complexity index is 879. The highest BCUT2D eigenvalue weighted by atomic mass is 19.4. The maximum atomic E-state index is 12.6. The van der Waals surface area contributed by atoms with Gasteiger partial charge in [0, 0.05) is 6.20 Å². The largest absolute Gasteiger partial charge is 0.433 e. The van der Waals surface area contributed by atoms with Crippen molar-refractivity contribution in [2.75, 3.05) is 0 Å². The molecule has 0 aliphatic heterocycles. The first-order valence-electron chi connectivity index (χ1n) is 10.2. The van der Waals surface area contributed by atoms with Crippen molar-refractivity contribution in [2.24, 2.45) is 0 Å². The first kappa shape index (κ1) is 21.1. The van der Waals surface area contributed by atoms with Crippen LogP contribution in [0.15, 0.2) is 66.9 Å². The number of hydrogen-bond donors (Lipinski definition) is 0. The molecule has 0 saturated heterocycles. The Morgan fingerprint density at radius 1 is 0.655 bits per heavy atom. The summed E-state index contributed by atoms with van der Waals surface area (Å²) in [5.74, 6) is 0. The molecular formula is C25H26F3N. The monoisotopic (exact) mass is 397 g/mol. The highest BCUT2D eigenvalue weighted by Crippen LogP contribution is 2.27. The van der Waals surface area contributed by atoms with E-state index in [0.29, 0.717) is 6.42 Å². The van der Waals surface area contributed by atoms with E-state index in [4.69, 9.17) is 0 Å². The molecule has 2 aromatic carbocycles. The molecule has 0 fully saturated rings. The number of halogens is 3. The van der Waals surface area contributed by atoms with Crippen LogP contribution in [0.4, 0.5) is 13.2 Å². The standard InChI is InChI=1S/C25H26F3N/c1-2-3-4-5-19-8-13-22(14-9-19)23-15-10-20(11-16-23)6-7-21-12-17-24(29-18-21)25(26,27)28/h8-18H,2-7H2,1H3. The van der Waals surface area contributed by atoms with Crippen LogP contribution in [0, 0.1) is 0 Å². The van der Waals surface area contributed by atoms with Crippen LogP contribution in [-0.2, 0) is 25.4 Å². The van der Waals surface area contributed by atoms with Crippen LogP contribution in [0.3, 0.4) is 0 Å². The summed E-state index contributed by atoms with van der Waals surface area (Å²) < 4.78 is 37.7. The van der Waals surface area contributed by atoms with Gasteiger partial charge in [-0.3, -0.25) is 4.98 Å². The molecule has 1 heterocycles. The van der Waals surface area contributed by atoms with Gasteiger partial charge in [0.25, 0.3) is 0 Å². The maximum Gasteiger partial charge on any atom is 0.433 e.